The Morgan fingerprint density at radius 2 is 1.96 bits per heavy atom. The fourth-order valence-corrected chi connectivity index (χ4v) is 3.57. The molecule has 1 saturated heterocycles. The molecule has 6 heteroatoms. The van der Waals surface area contributed by atoms with E-state index in [1.54, 1.807) is 6.08 Å². The summed E-state index contributed by atoms with van der Waals surface area (Å²) >= 11 is 3.55. The largest absolute Gasteiger partial charge is 0.399 e. The highest BCUT2D eigenvalue weighted by Gasteiger charge is 2.28. The molecule has 0 radical (unpaired) electrons. The number of benzene rings is 1. The number of amides is 2. The molecule has 1 aliphatic heterocycles. The molecule has 4 N–H and O–H groups in total. The Morgan fingerprint density at radius 1 is 1.26 bits per heavy atom. The van der Waals surface area contributed by atoms with Crippen LogP contribution in [-0.2, 0) is 6.54 Å². The predicted octanol–water partition coefficient (Wildman–Crippen LogP) is 4.07. The molecule has 144 valence electrons. The normalized spacial score (nSPS) is 17.1. The molecule has 0 unspecified atom stereocenters. The van der Waals surface area contributed by atoms with E-state index < -0.39 is 0 Å². The predicted molar refractivity (Wildman–Crippen MR) is 116 cm³/mol. The topological polar surface area (TPSA) is 70.4 Å². The minimum atomic E-state index is -0.226. The van der Waals surface area contributed by atoms with Gasteiger partial charge in [-0.3, -0.25) is 0 Å². The second-order valence-electron chi connectivity index (χ2n) is 6.41. The van der Waals surface area contributed by atoms with Gasteiger partial charge in [-0.2, -0.15) is 0 Å². The molecule has 2 amide bonds. The van der Waals surface area contributed by atoms with Crippen molar-refractivity contribution in [2.24, 2.45) is 0 Å². The zero-order valence-corrected chi connectivity index (χ0v) is 17.1. The molecule has 0 aliphatic carbocycles. The average Bonchev–Trinajstić information content (AvgIpc) is 3.15. The van der Waals surface area contributed by atoms with Crippen LogP contribution in [0, 0.1) is 0 Å². The van der Waals surface area contributed by atoms with E-state index in [9.17, 15) is 4.79 Å². The lowest BCUT2D eigenvalue weighted by atomic mass is 10.0. The van der Waals surface area contributed by atoms with Crippen molar-refractivity contribution >= 4 is 27.6 Å². The first-order valence-corrected chi connectivity index (χ1v) is 9.70. The van der Waals surface area contributed by atoms with Gasteiger partial charge in [-0.15, -0.1) is 0 Å². The van der Waals surface area contributed by atoms with Gasteiger partial charge in [0.05, 0.1) is 12.6 Å². The summed E-state index contributed by atoms with van der Waals surface area (Å²) in [5.41, 5.74) is 9.33. The number of nitrogen functional groups attached to an aromatic ring is 1. The molecule has 1 atom stereocenters. The smallest absolute Gasteiger partial charge is 0.315 e. The molecule has 1 heterocycles. The van der Waals surface area contributed by atoms with Crippen molar-refractivity contribution in [3.8, 4) is 0 Å². The number of carbonyl (C=O) groups excluding carboxylic acids is 1. The number of allylic oxidation sites excluding steroid dienone is 2. The van der Waals surface area contributed by atoms with E-state index in [2.05, 4.69) is 51.2 Å². The molecule has 1 aliphatic rings. The molecule has 2 rings (SSSR count). The number of carbonyl (C=O) groups is 1. The summed E-state index contributed by atoms with van der Waals surface area (Å²) in [5, 5.41) is 5.71. The maximum atomic E-state index is 12.1. The van der Waals surface area contributed by atoms with Crippen LogP contribution >= 0.6 is 15.9 Å². The van der Waals surface area contributed by atoms with E-state index in [-0.39, 0.29) is 12.1 Å². The number of anilines is 1. The number of hydrogen-bond donors (Lipinski definition) is 3. The number of nitrogens with two attached hydrogens (primary N) is 1. The third kappa shape index (κ3) is 5.76. The molecule has 0 spiro atoms. The fourth-order valence-electron chi connectivity index (χ4n) is 3.14. The Morgan fingerprint density at radius 3 is 2.59 bits per heavy atom. The van der Waals surface area contributed by atoms with Gasteiger partial charge in [0.1, 0.15) is 0 Å². The molecule has 5 nitrogen and oxygen atoms in total. The Kier molecular flexibility index (Phi) is 7.73. The first-order chi connectivity index (χ1) is 13.0. The third-order valence-corrected chi connectivity index (χ3v) is 5.36. The van der Waals surface area contributed by atoms with E-state index in [4.69, 9.17) is 5.73 Å². The van der Waals surface area contributed by atoms with Crippen molar-refractivity contribution in [1.82, 2.24) is 15.5 Å². The molecule has 27 heavy (non-hydrogen) atoms. The standard InChI is InChI=1S/C21H27BrN4O/c1-4-18(19(22)5-2)20-7-6-12-26(20)15(3)13-24-21(27)25-14-16-8-10-17(23)11-9-16/h4-5,8-11,20H,1-3,6-7,12-14,23H2,(H2,24,25,27)/b19-18-/t20-/m1/s1. The van der Waals surface area contributed by atoms with E-state index in [0.29, 0.717) is 18.8 Å². The second kappa shape index (κ2) is 10.0. The summed E-state index contributed by atoms with van der Waals surface area (Å²) in [4.78, 5) is 14.3. The van der Waals surface area contributed by atoms with Crippen molar-refractivity contribution in [3.63, 3.8) is 0 Å². The number of urea groups is 1. The van der Waals surface area contributed by atoms with Crippen LogP contribution in [0.25, 0.3) is 0 Å². The maximum Gasteiger partial charge on any atom is 0.315 e. The van der Waals surface area contributed by atoms with E-state index in [1.807, 2.05) is 30.3 Å². The highest BCUT2D eigenvalue weighted by molar-refractivity contribution is 9.11. The minimum absolute atomic E-state index is 0.196. The summed E-state index contributed by atoms with van der Waals surface area (Å²) in [6.07, 6.45) is 5.72. The van der Waals surface area contributed by atoms with Crippen molar-refractivity contribution in [1.29, 1.82) is 0 Å². The molecule has 1 fully saturated rings. The molecule has 0 bridgehead atoms. The third-order valence-electron chi connectivity index (χ3n) is 4.58. The number of nitrogens with zero attached hydrogens (tertiary/aromatic N) is 1. The van der Waals surface area contributed by atoms with Gasteiger partial charge >= 0.3 is 6.03 Å². The zero-order valence-electron chi connectivity index (χ0n) is 15.5. The lowest BCUT2D eigenvalue weighted by molar-refractivity contribution is 0.239. The first kappa shape index (κ1) is 20.8. The summed E-state index contributed by atoms with van der Waals surface area (Å²) in [5.74, 6) is 0. The highest BCUT2D eigenvalue weighted by Crippen LogP contribution is 2.31. The minimum Gasteiger partial charge on any atom is -0.399 e. The van der Waals surface area contributed by atoms with Crippen molar-refractivity contribution in [2.45, 2.75) is 25.4 Å². The fraction of sp³-hybridized carbons (Fsp3) is 0.286. The number of halogens is 1. The monoisotopic (exact) mass is 430 g/mol. The van der Waals surface area contributed by atoms with Crippen LogP contribution in [0.1, 0.15) is 18.4 Å². The molecule has 0 aromatic heterocycles. The van der Waals surface area contributed by atoms with Crippen molar-refractivity contribution < 1.29 is 4.79 Å². The summed E-state index contributed by atoms with van der Waals surface area (Å²) in [7, 11) is 0. The number of nitrogens with one attached hydrogen (secondary N) is 2. The van der Waals surface area contributed by atoms with E-state index in [0.717, 1.165) is 40.7 Å². The van der Waals surface area contributed by atoms with Crippen LogP contribution in [-0.4, -0.2) is 30.1 Å². The molecule has 1 aromatic rings. The SMILES string of the molecule is C=C/C(Br)=C(\C=C)[C@H]1CCCN1C(=C)CNC(=O)NCc1ccc(N)cc1. The quantitative estimate of drug-likeness (QED) is 0.429. The molecule has 0 saturated carbocycles. The van der Waals surface area contributed by atoms with Gasteiger partial charge in [-0.05, 0) is 36.1 Å². The first-order valence-electron chi connectivity index (χ1n) is 8.91. The van der Waals surface area contributed by atoms with Crippen LogP contribution in [0.4, 0.5) is 10.5 Å². The lowest BCUT2D eigenvalue weighted by Gasteiger charge is -2.30. The summed E-state index contributed by atoms with van der Waals surface area (Å²) < 4.78 is 0.941. The van der Waals surface area contributed by atoms with Gasteiger partial charge < -0.3 is 21.3 Å². The molecular weight excluding hydrogens is 404 g/mol. The molecule has 1 aromatic carbocycles. The van der Waals surface area contributed by atoms with Crippen LogP contribution in [0.15, 0.2) is 71.9 Å². The Labute approximate surface area is 169 Å². The highest BCUT2D eigenvalue weighted by atomic mass is 79.9. The van der Waals surface area contributed by atoms with Gasteiger partial charge in [-0.1, -0.05) is 60.0 Å². The average molecular weight is 431 g/mol. The second-order valence-corrected chi connectivity index (χ2v) is 7.26. The van der Waals surface area contributed by atoms with Gasteiger partial charge in [0.15, 0.2) is 0 Å². The van der Waals surface area contributed by atoms with Crippen LogP contribution in [0.3, 0.4) is 0 Å². The Balaban J connectivity index is 1.86. The van der Waals surface area contributed by atoms with Crippen LogP contribution in [0.5, 0.6) is 0 Å². The number of likely N-dealkylation sites (tertiary alicyclic amines) is 1. The Bertz CT molecular complexity index is 739. The van der Waals surface area contributed by atoms with Gasteiger partial charge in [0.2, 0.25) is 0 Å². The van der Waals surface area contributed by atoms with E-state index in [1.165, 1.54) is 0 Å². The van der Waals surface area contributed by atoms with Gasteiger partial charge in [0, 0.05) is 29.0 Å². The maximum absolute atomic E-state index is 12.1. The molecular formula is C21H27BrN4O. The van der Waals surface area contributed by atoms with Crippen LogP contribution in [0.2, 0.25) is 0 Å². The summed E-state index contributed by atoms with van der Waals surface area (Å²) in [6, 6.07) is 7.39. The van der Waals surface area contributed by atoms with Gasteiger partial charge in [0.25, 0.3) is 0 Å². The number of rotatable bonds is 8. The zero-order chi connectivity index (χ0) is 19.8. The Hall–Kier alpha value is -2.47. The van der Waals surface area contributed by atoms with Crippen molar-refractivity contribution in [2.75, 3.05) is 18.8 Å². The van der Waals surface area contributed by atoms with Crippen molar-refractivity contribution in [3.05, 3.63) is 77.5 Å². The van der Waals surface area contributed by atoms with Gasteiger partial charge in [-0.25, -0.2) is 4.79 Å². The lowest BCUT2D eigenvalue weighted by Crippen LogP contribution is -2.40. The van der Waals surface area contributed by atoms with Crippen LogP contribution < -0.4 is 16.4 Å². The number of hydrogen-bond acceptors (Lipinski definition) is 3. The summed E-state index contributed by atoms with van der Waals surface area (Å²) in [6.45, 7) is 13.6. The van der Waals surface area contributed by atoms with E-state index >= 15 is 0 Å².